The Balaban J connectivity index is 2.02. The fourth-order valence-electron chi connectivity index (χ4n) is 1.82. The molecule has 0 aliphatic carbocycles. The molecule has 0 aromatic carbocycles. The molecule has 0 amide bonds. The summed E-state index contributed by atoms with van der Waals surface area (Å²) in [6.45, 7) is 9.24. The van der Waals surface area contributed by atoms with Crippen molar-refractivity contribution in [3.8, 4) is 0 Å². The normalized spacial score (nSPS) is 22.5. The predicted molar refractivity (Wildman–Crippen MR) is 59.4 cm³/mol. The van der Waals surface area contributed by atoms with E-state index in [1.54, 1.807) is 0 Å². The van der Waals surface area contributed by atoms with Crippen LogP contribution in [-0.2, 0) is 0 Å². The molecule has 0 bridgehead atoms. The van der Waals surface area contributed by atoms with E-state index in [2.05, 4.69) is 24.1 Å². The molecule has 1 fully saturated rings. The fraction of sp³-hybridized carbons (Fsp3) is 1.00. The lowest BCUT2D eigenvalue weighted by Gasteiger charge is -2.21. The van der Waals surface area contributed by atoms with Crippen LogP contribution in [0.5, 0.6) is 0 Å². The SMILES string of the molecule is CC(CO)C(C)NCCN1CCCC1. The minimum absolute atomic E-state index is 0.276. The zero-order valence-electron chi connectivity index (χ0n) is 9.50. The lowest BCUT2D eigenvalue weighted by Crippen LogP contribution is -2.38. The van der Waals surface area contributed by atoms with Crippen molar-refractivity contribution in [2.75, 3.05) is 32.8 Å². The Bertz CT molecular complexity index is 146. The molecule has 14 heavy (non-hydrogen) atoms. The number of rotatable bonds is 6. The number of nitrogens with one attached hydrogen (secondary N) is 1. The van der Waals surface area contributed by atoms with E-state index in [0.29, 0.717) is 12.0 Å². The number of aliphatic hydroxyl groups is 1. The zero-order valence-corrected chi connectivity index (χ0v) is 9.50. The van der Waals surface area contributed by atoms with Crippen LogP contribution in [0.4, 0.5) is 0 Å². The predicted octanol–water partition coefficient (Wildman–Crippen LogP) is 0.689. The van der Waals surface area contributed by atoms with Crippen LogP contribution in [0.2, 0.25) is 0 Å². The van der Waals surface area contributed by atoms with E-state index in [0.717, 1.165) is 13.1 Å². The van der Waals surface area contributed by atoms with E-state index in [-0.39, 0.29) is 6.61 Å². The van der Waals surface area contributed by atoms with Gasteiger partial charge >= 0.3 is 0 Å². The van der Waals surface area contributed by atoms with E-state index in [4.69, 9.17) is 5.11 Å². The first-order valence-corrected chi connectivity index (χ1v) is 5.80. The van der Waals surface area contributed by atoms with Gasteiger partial charge in [0.25, 0.3) is 0 Å². The van der Waals surface area contributed by atoms with Crippen molar-refractivity contribution in [2.24, 2.45) is 5.92 Å². The van der Waals surface area contributed by atoms with Crippen molar-refractivity contribution in [1.29, 1.82) is 0 Å². The maximum atomic E-state index is 8.97. The average Bonchev–Trinajstić information content (AvgIpc) is 2.69. The van der Waals surface area contributed by atoms with Gasteiger partial charge in [-0.1, -0.05) is 6.92 Å². The molecule has 2 N–H and O–H groups in total. The minimum atomic E-state index is 0.276. The molecule has 1 saturated heterocycles. The molecule has 0 aromatic heterocycles. The molecule has 1 aliphatic rings. The molecule has 1 rings (SSSR count). The third-order valence-corrected chi connectivity index (χ3v) is 3.23. The molecule has 1 heterocycles. The van der Waals surface area contributed by atoms with Gasteiger partial charge in [-0.15, -0.1) is 0 Å². The van der Waals surface area contributed by atoms with Gasteiger partial charge in [-0.2, -0.15) is 0 Å². The molecular weight excluding hydrogens is 176 g/mol. The first kappa shape index (κ1) is 12.0. The van der Waals surface area contributed by atoms with E-state index in [9.17, 15) is 0 Å². The molecular formula is C11H24N2O. The third-order valence-electron chi connectivity index (χ3n) is 3.23. The minimum Gasteiger partial charge on any atom is -0.396 e. The summed E-state index contributed by atoms with van der Waals surface area (Å²) < 4.78 is 0. The van der Waals surface area contributed by atoms with E-state index in [1.165, 1.54) is 25.9 Å². The van der Waals surface area contributed by atoms with Gasteiger partial charge in [-0.05, 0) is 38.8 Å². The van der Waals surface area contributed by atoms with Crippen LogP contribution in [0.1, 0.15) is 26.7 Å². The first-order valence-electron chi connectivity index (χ1n) is 5.80. The Morgan fingerprint density at radius 1 is 1.29 bits per heavy atom. The van der Waals surface area contributed by atoms with Gasteiger partial charge in [0, 0.05) is 25.7 Å². The van der Waals surface area contributed by atoms with Crippen LogP contribution < -0.4 is 5.32 Å². The van der Waals surface area contributed by atoms with Crippen molar-refractivity contribution >= 4 is 0 Å². The summed E-state index contributed by atoms with van der Waals surface area (Å²) in [5.41, 5.74) is 0. The number of hydrogen-bond donors (Lipinski definition) is 2. The van der Waals surface area contributed by atoms with Crippen LogP contribution in [0, 0.1) is 5.92 Å². The maximum Gasteiger partial charge on any atom is 0.0471 e. The molecule has 0 aromatic rings. The highest BCUT2D eigenvalue weighted by molar-refractivity contribution is 4.71. The Morgan fingerprint density at radius 2 is 1.93 bits per heavy atom. The van der Waals surface area contributed by atoms with Gasteiger partial charge in [-0.25, -0.2) is 0 Å². The molecule has 0 saturated carbocycles. The number of likely N-dealkylation sites (tertiary alicyclic amines) is 1. The summed E-state index contributed by atoms with van der Waals surface area (Å²) in [5.74, 6) is 0.355. The average molecular weight is 200 g/mol. The van der Waals surface area contributed by atoms with E-state index in [1.807, 2.05) is 0 Å². The van der Waals surface area contributed by atoms with Crippen molar-refractivity contribution in [2.45, 2.75) is 32.7 Å². The lowest BCUT2D eigenvalue weighted by molar-refractivity contribution is 0.204. The maximum absolute atomic E-state index is 8.97. The van der Waals surface area contributed by atoms with E-state index >= 15 is 0 Å². The van der Waals surface area contributed by atoms with Crippen LogP contribution in [0.15, 0.2) is 0 Å². The topological polar surface area (TPSA) is 35.5 Å². The number of nitrogens with zero attached hydrogens (tertiary/aromatic N) is 1. The summed E-state index contributed by atoms with van der Waals surface area (Å²) in [6, 6.07) is 0.419. The second kappa shape index (κ2) is 6.38. The van der Waals surface area contributed by atoms with Crippen molar-refractivity contribution in [1.82, 2.24) is 10.2 Å². The van der Waals surface area contributed by atoms with Crippen molar-refractivity contribution in [3.05, 3.63) is 0 Å². The smallest absolute Gasteiger partial charge is 0.0471 e. The second-order valence-corrected chi connectivity index (χ2v) is 4.45. The Kier molecular flexibility index (Phi) is 5.45. The third kappa shape index (κ3) is 3.95. The highest BCUT2D eigenvalue weighted by atomic mass is 16.3. The molecule has 0 radical (unpaired) electrons. The second-order valence-electron chi connectivity index (χ2n) is 4.45. The molecule has 84 valence electrons. The largest absolute Gasteiger partial charge is 0.396 e. The van der Waals surface area contributed by atoms with Gasteiger partial charge < -0.3 is 15.3 Å². The highest BCUT2D eigenvalue weighted by Crippen LogP contribution is 2.06. The first-order chi connectivity index (χ1) is 6.74. The Hall–Kier alpha value is -0.120. The number of hydrogen-bond acceptors (Lipinski definition) is 3. The van der Waals surface area contributed by atoms with E-state index < -0.39 is 0 Å². The van der Waals surface area contributed by atoms with Gasteiger partial charge in [0.1, 0.15) is 0 Å². The monoisotopic (exact) mass is 200 g/mol. The van der Waals surface area contributed by atoms with Crippen LogP contribution >= 0.6 is 0 Å². The Labute approximate surface area is 87.5 Å². The fourth-order valence-corrected chi connectivity index (χ4v) is 1.82. The van der Waals surface area contributed by atoms with Gasteiger partial charge in [0.05, 0.1) is 0 Å². The van der Waals surface area contributed by atoms with Gasteiger partial charge in [0.15, 0.2) is 0 Å². The van der Waals surface area contributed by atoms with Gasteiger partial charge in [-0.3, -0.25) is 0 Å². The van der Waals surface area contributed by atoms with Gasteiger partial charge in [0.2, 0.25) is 0 Å². The summed E-state index contributed by atoms with van der Waals surface area (Å²) in [6.07, 6.45) is 2.73. The highest BCUT2D eigenvalue weighted by Gasteiger charge is 2.13. The molecule has 3 heteroatoms. The summed E-state index contributed by atoms with van der Waals surface area (Å²) >= 11 is 0. The number of aliphatic hydroxyl groups excluding tert-OH is 1. The molecule has 1 aliphatic heterocycles. The summed E-state index contributed by atoms with van der Waals surface area (Å²) in [4.78, 5) is 2.50. The lowest BCUT2D eigenvalue weighted by atomic mass is 10.1. The van der Waals surface area contributed by atoms with Crippen LogP contribution in [-0.4, -0.2) is 48.8 Å². The van der Waals surface area contributed by atoms with Crippen molar-refractivity contribution in [3.63, 3.8) is 0 Å². The van der Waals surface area contributed by atoms with Crippen LogP contribution in [0.25, 0.3) is 0 Å². The quantitative estimate of drug-likeness (QED) is 0.662. The summed E-state index contributed by atoms with van der Waals surface area (Å²) in [5, 5.41) is 12.4. The molecule has 2 unspecified atom stereocenters. The van der Waals surface area contributed by atoms with Crippen LogP contribution in [0.3, 0.4) is 0 Å². The standard InChI is InChI=1S/C11H24N2O/c1-10(9-14)11(2)12-5-8-13-6-3-4-7-13/h10-12,14H,3-9H2,1-2H3. The zero-order chi connectivity index (χ0) is 10.4. The molecule has 2 atom stereocenters. The molecule has 0 spiro atoms. The summed E-state index contributed by atoms with van der Waals surface area (Å²) in [7, 11) is 0. The molecule has 3 nitrogen and oxygen atoms in total. The Morgan fingerprint density at radius 3 is 2.50 bits per heavy atom. The van der Waals surface area contributed by atoms with Crippen molar-refractivity contribution < 1.29 is 5.11 Å².